The number of benzene rings is 1. The van der Waals surface area contributed by atoms with Crippen LogP contribution in [0, 0.1) is 17.0 Å². The number of nitro benzene ring substituents is 1. The van der Waals surface area contributed by atoms with Crippen LogP contribution in [0.25, 0.3) is 0 Å². The third-order valence-corrected chi connectivity index (χ3v) is 5.60. The van der Waals surface area contributed by atoms with Crippen LogP contribution in [-0.4, -0.2) is 33.2 Å². The third-order valence-electron chi connectivity index (χ3n) is 3.87. The quantitative estimate of drug-likeness (QED) is 0.615. The Morgan fingerprint density at radius 1 is 1.62 bits per heavy atom. The van der Waals surface area contributed by atoms with Gasteiger partial charge in [0.1, 0.15) is 0 Å². The number of thioether (sulfide) groups is 1. The highest BCUT2D eigenvalue weighted by atomic mass is 35.5. The van der Waals surface area contributed by atoms with Crippen LogP contribution in [-0.2, 0) is 0 Å². The first kappa shape index (κ1) is 16.4. The van der Waals surface area contributed by atoms with E-state index in [0.717, 1.165) is 18.6 Å². The molecule has 0 aliphatic heterocycles. The molecular formula is C14H19ClN2O3S. The molecule has 0 bridgehead atoms. The van der Waals surface area contributed by atoms with Gasteiger partial charge in [-0.25, -0.2) is 0 Å². The second kappa shape index (κ2) is 6.42. The van der Waals surface area contributed by atoms with Crippen molar-refractivity contribution in [2.24, 2.45) is 0 Å². The van der Waals surface area contributed by atoms with Gasteiger partial charge in [0.15, 0.2) is 0 Å². The van der Waals surface area contributed by atoms with Gasteiger partial charge in [0, 0.05) is 23.4 Å². The normalized spacial score (nSPS) is 24.5. The van der Waals surface area contributed by atoms with E-state index in [1.807, 2.05) is 0 Å². The molecule has 1 aliphatic rings. The van der Waals surface area contributed by atoms with Crippen LogP contribution in [0.4, 0.5) is 11.4 Å². The maximum Gasteiger partial charge on any atom is 0.273 e. The average molecular weight is 331 g/mol. The molecule has 1 aromatic carbocycles. The molecule has 0 heterocycles. The number of hydrogen-bond acceptors (Lipinski definition) is 5. The van der Waals surface area contributed by atoms with E-state index in [0.29, 0.717) is 22.8 Å². The van der Waals surface area contributed by atoms with Gasteiger partial charge in [-0.05, 0) is 31.6 Å². The summed E-state index contributed by atoms with van der Waals surface area (Å²) in [6.45, 7) is 4.16. The van der Waals surface area contributed by atoms with Gasteiger partial charge < -0.3 is 10.4 Å². The maximum atomic E-state index is 10.9. The summed E-state index contributed by atoms with van der Waals surface area (Å²) < 4.78 is 0. The molecule has 0 saturated heterocycles. The second-order valence-corrected chi connectivity index (χ2v) is 7.20. The predicted octanol–water partition coefficient (Wildman–Crippen LogP) is 3.62. The van der Waals surface area contributed by atoms with E-state index in [4.69, 9.17) is 11.6 Å². The first-order valence-electron chi connectivity index (χ1n) is 6.90. The Morgan fingerprint density at radius 2 is 2.33 bits per heavy atom. The SMILES string of the molecule is CCSC1CCC1(O)CNc1cc(C)c([N+](=O)[O-])cc1Cl. The summed E-state index contributed by atoms with van der Waals surface area (Å²) in [6.07, 6.45) is 1.78. The molecule has 116 valence electrons. The Balaban J connectivity index is 2.07. The van der Waals surface area contributed by atoms with Crippen molar-refractivity contribution in [2.45, 2.75) is 37.5 Å². The monoisotopic (exact) mass is 330 g/mol. The van der Waals surface area contributed by atoms with Crippen molar-refractivity contribution in [2.75, 3.05) is 17.6 Å². The minimum absolute atomic E-state index is 0.00678. The second-order valence-electron chi connectivity index (χ2n) is 5.32. The van der Waals surface area contributed by atoms with E-state index >= 15 is 0 Å². The van der Waals surface area contributed by atoms with Crippen LogP contribution in [0.1, 0.15) is 25.3 Å². The highest BCUT2D eigenvalue weighted by Gasteiger charge is 2.45. The fraction of sp³-hybridized carbons (Fsp3) is 0.571. The zero-order valence-electron chi connectivity index (χ0n) is 12.1. The molecule has 2 atom stereocenters. The van der Waals surface area contributed by atoms with Crippen LogP contribution in [0.3, 0.4) is 0 Å². The summed E-state index contributed by atoms with van der Waals surface area (Å²) in [5.74, 6) is 0.977. The Kier molecular flexibility index (Phi) is 5.01. The van der Waals surface area contributed by atoms with Gasteiger partial charge in [-0.15, -0.1) is 0 Å². The molecule has 5 nitrogen and oxygen atoms in total. The molecule has 0 amide bonds. The number of anilines is 1. The van der Waals surface area contributed by atoms with Gasteiger partial charge in [-0.1, -0.05) is 18.5 Å². The summed E-state index contributed by atoms with van der Waals surface area (Å²) in [5.41, 5.74) is 0.458. The summed E-state index contributed by atoms with van der Waals surface area (Å²) >= 11 is 7.84. The zero-order chi connectivity index (χ0) is 15.6. The molecule has 2 unspecified atom stereocenters. The van der Waals surface area contributed by atoms with Crippen LogP contribution in [0.2, 0.25) is 5.02 Å². The van der Waals surface area contributed by atoms with E-state index in [-0.39, 0.29) is 10.9 Å². The van der Waals surface area contributed by atoms with Crippen LogP contribution in [0.15, 0.2) is 12.1 Å². The van der Waals surface area contributed by atoms with Crippen molar-refractivity contribution < 1.29 is 10.0 Å². The van der Waals surface area contributed by atoms with Gasteiger partial charge in [0.05, 0.1) is 21.2 Å². The number of rotatable bonds is 6. The van der Waals surface area contributed by atoms with Crippen molar-refractivity contribution in [3.8, 4) is 0 Å². The number of aryl methyl sites for hydroxylation is 1. The van der Waals surface area contributed by atoms with E-state index in [1.54, 1.807) is 24.8 Å². The van der Waals surface area contributed by atoms with Gasteiger partial charge in [0.2, 0.25) is 0 Å². The van der Waals surface area contributed by atoms with E-state index < -0.39 is 10.5 Å². The topological polar surface area (TPSA) is 75.4 Å². The molecular weight excluding hydrogens is 312 g/mol. The number of aliphatic hydroxyl groups is 1. The van der Waals surface area contributed by atoms with E-state index in [9.17, 15) is 15.2 Å². The lowest BCUT2D eigenvalue weighted by molar-refractivity contribution is -0.385. The lowest BCUT2D eigenvalue weighted by Gasteiger charge is -2.45. The van der Waals surface area contributed by atoms with Crippen molar-refractivity contribution in [1.82, 2.24) is 0 Å². The molecule has 2 rings (SSSR count). The lowest BCUT2D eigenvalue weighted by Crippen LogP contribution is -2.54. The minimum Gasteiger partial charge on any atom is -0.387 e. The zero-order valence-corrected chi connectivity index (χ0v) is 13.6. The maximum absolute atomic E-state index is 10.9. The summed E-state index contributed by atoms with van der Waals surface area (Å²) in [7, 11) is 0. The van der Waals surface area contributed by atoms with E-state index in [1.165, 1.54) is 6.07 Å². The van der Waals surface area contributed by atoms with Gasteiger partial charge in [-0.2, -0.15) is 11.8 Å². The number of nitro groups is 1. The smallest absolute Gasteiger partial charge is 0.273 e. The standard InChI is InChI=1S/C14H19ClN2O3S/c1-3-21-13-4-5-14(13,18)8-16-11-6-9(2)12(17(19)20)7-10(11)15/h6-7,13,16,18H,3-5,8H2,1-2H3. The summed E-state index contributed by atoms with van der Waals surface area (Å²) in [5, 5.41) is 25.1. The molecule has 1 fully saturated rings. The molecule has 2 N–H and O–H groups in total. The first-order valence-corrected chi connectivity index (χ1v) is 8.32. The van der Waals surface area contributed by atoms with Gasteiger partial charge in [0.25, 0.3) is 5.69 Å². The lowest BCUT2D eigenvalue weighted by atomic mass is 9.79. The third kappa shape index (κ3) is 3.44. The van der Waals surface area contributed by atoms with Gasteiger partial charge >= 0.3 is 0 Å². The number of hydrogen-bond donors (Lipinski definition) is 2. The van der Waals surface area contributed by atoms with Crippen LogP contribution in [0.5, 0.6) is 0 Å². The fourth-order valence-corrected chi connectivity index (χ4v) is 3.91. The minimum atomic E-state index is -0.723. The van der Waals surface area contributed by atoms with Crippen LogP contribution >= 0.6 is 23.4 Å². The van der Waals surface area contributed by atoms with Crippen molar-refractivity contribution in [3.63, 3.8) is 0 Å². The van der Waals surface area contributed by atoms with Crippen molar-refractivity contribution in [1.29, 1.82) is 0 Å². The van der Waals surface area contributed by atoms with Crippen molar-refractivity contribution >= 4 is 34.7 Å². The summed E-state index contributed by atoms with van der Waals surface area (Å²) in [6, 6.07) is 3.01. The summed E-state index contributed by atoms with van der Waals surface area (Å²) in [4.78, 5) is 10.4. The predicted molar refractivity (Wildman–Crippen MR) is 87.4 cm³/mol. The molecule has 0 radical (unpaired) electrons. The Hall–Kier alpha value is -0.980. The number of nitrogens with zero attached hydrogens (tertiary/aromatic N) is 1. The Morgan fingerprint density at radius 3 is 2.86 bits per heavy atom. The molecule has 0 spiro atoms. The highest BCUT2D eigenvalue weighted by molar-refractivity contribution is 8.00. The number of halogens is 1. The molecule has 1 aliphatic carbocycles. The van der Waals surface area contributed by atoms with E-state index in [2.05, 4.69) is 12.2 Å². The highest BCUT2D eigenvalue weighted by Crippen LogP contribution is 2.41. The molecule has 7 heteroatoms. The molecule has 1 aromatic rings. The first-order chi connectivity index (χ1) is 9.87. The van der Waals surface area contributed by atoms with Crippen LogP contribution < -0.4 is 5.32 Å². The molecule has 21 heavy (non-hydrogen) atoms. The number of nitrogens with one attached hydrogen (secondary N) is 1. The molecule has 0 aromatic heterocycles. The fourth-order valence-electron chi connectivity index (χ4n) is 2.49. The molecule has 1 saturated carbocycles. The Labute approximate surface area is 133 Å². The average Bonchev–Trinajstić information content (AvgIpc) is 2.43. The largest absolute Gasteiger partial charge is 0.387 e. The van der Waals surface area contributed by atoms with Crippen molar-refractivity contribution in [3.05, 3.63) is 32.8 Å². The van der Waals surface area contributed by atoms with Gasteiger partial charge in [-0.3, -0.25) is 10.1 Å². The Bertz CT molecular complexity index is 555.